The number of cyclic esters (lactones) is 2. The van der Waals surface area contributed by atoms with E-state index in [9.17, 15) is 19.8 Å². The van der Waals surface area contributed by atoms with Gasteiger partial charge in [0, 0.05) is 0 Å². The van der Waals surface area contributed by atoms with Gasteiger partial charge in [-0.25, -0.2) is 0 Å². The molecule has 0 aliphatic carbocycles. The van der Waals surface area contributed by atoms with Crippen LogP contribution in [0.25, 0.3) is 11.1 Å². The lowest BCUT2D eigenvalue weighted by Gasteiger charge is -2.18. The van der Waals surface area contributed by atoms with Gasteiger partial charge in [-0.05, 0) is 47.5 Å². The highest BCUT2D eigenvalue weighted by molar-refractivity contribution is 5.72. The molecule has 2 aliphatic heterocycles. The highest BCUT2D eigenvalue weighted by Gasteiger charge is 2.15. The molecule has 38 heavy (non-hydrogen) atoms. The third-order valence-corrected chi connectivity index (χ3v) is 5.59. The van der Waals surface area contributed by atoms with E-state index in [2.05, 4.69) is 0 Å². The third-order valence-electron chi connectivity index (χ3n) is 5.59. The minimum absolute atomic E-state index is 0.0369. The molecule has 2 aliphatic rings. The summed E-state index contributed by atoms with van der Waals surface area (Å²) in [7, 11) is 0. The Morgan fingerprint density at radius 1 is 0.605 bits per heavy atom. The fourth-order valence-corrected chi connectivity index (χ4v) is 3.51. The Kier molecular flexibility index (Phi) is 9.60. The van der Waals surface area contributed by atoms with Crippen molar-refractivity contribution in [3.8, 4) is 22.6 Å². The van der Waals surface area contributed by atoms with Crippen LogP contribution >= 0.6 is 0 Å². The SMILES string of the molecule is O=C1CC=C(OCC(O)COc2ccc(-c3ccc(OCC(O)COC4=CCC(=O)OC4)cc3)cc2)CO1. The summed E-state index contributed by atoms with van der Waals surface area (Å²) >= 11 is 0. The maximum Gasteiger partial charge on any atom is 0.310 e. The largest absolute Gasteiger partial charge is 0.492 e. The van der Waals surface area contributed by atoms with E-state index in [1.165, 1.54) is 0 Å². The number of hydrogen-bond acceptors (Lipinski definition) is 10. The first-order valence-corrected chi connectivity index (χ1v) is 12.2. The molecule has 0 radical (unpaired) electrons. The van der Waals surface area contributed by atoms with Crippen molar-refractivity contribution in [2.45, 2.75) is 25.0 Å². The maximum atomic E-state index is 11.0. The summed E-state index contributed by atoms with van der Waals surface area (Å²) in [6.45, 7) is 0.347. The lowest BCUT2D eigenvalue weighted by molar-refractivity contribution is -0.145. The summed E-state index contributed by atoms with van der Waals surface area (Å²) in [4.78, 5) is 22.1. The van der Waals surface area contributed by atoms with Crippen molar-refractivity contribution in [3.05, 3.63) is 72.2 Å². The predicted molar refractivity (Wildman–Crippen MR) is 134 cm³/mol. The second kappa shape index (κ2) is 13.5. The van der Waals surface area contributed by atoms with Crippen molar-refractivity contribution in [2.75, 3.05) is 39.6 Å². The average molecular weight is 527 g/mol. The van der Waals surface area contributed by atoms with Crippen molar-refractivity contribution < 1.29 is 48.2 Å². The Bertz CT molecular complexity index is 1050. The highest BCUT2D eigenvalue weighted by atomic mass is 16.6. The Labute approximate surface area is 220 Å². The van der Waals surface area contributed by atoms with E-state index in [0.717, 1.165) is 11.1 Å². The average Bonchev–Trinajstić information content (AvgIpc) is 2.95. The van der Waals surface area contributed by atoms with Gasteiger partial charge in [0.25, 0.3) is 0 Å². The molecule has 0 amide bonds. The van der Waals surface area contributed by atoms with Crippen molar-refractivity contribution in [2.24, 2.45) is 0 Å². The summed E-state index contributed by atoms with van der Waals surface area (Å²) in [5.41, 5.74) is 1.95. The zero-order chi connectivity index (χ0) is 26.7. The molecule has 10 heteroatoms. The van der Waals surface area contributed by atoms with Crippen LogP contribution in [-0.2, 0) is 28.5 Å². The molecule has 4 rings (SSSR count). The fourth-order valence-electron chi connectivity index (χ4n) is 3.51. The number of aliphatic hydroxyl groups is 2. The maximum absolute atomic E-state index is 11.0. The van der Waals surface area contributed by atoms with Gasteiger partial charge in [-0.3, -0.25) is 9.59 Å². The second-order valence-corrected chi connectivity index (χ2v) is 8.67. The number of benzene rings is 2. The van der Waals surface area contributed by atoms with Gasteiger partial charge < -0.3 is 38.6 Å². The zero-order valence-electron chi connectivity index (χ0n) is 20.7. The molecular weight excluding hydrogens is 496 g/mol. The summed E-state index contributed by atoms with van der Waals surface area (Å²) in [5, 5.41) is 20.2. The monoisotopic (exact) mass is 526 g/mol. The molecule has 0 aromatic heterocycles. The molecule has 2 unspecified atom stereocenters. The zero-order valence-corrected chi connectivity index (χ0v) is 20.7. The number of ether oxygens (including phenoxy) is 6. The van der Waals surface area contributed by atoms with Crippen LogP contribution in [0.5, 0.6) is 11.5 Å². The molecule has 2 aromatic carbocycles. The van der Waals surface area contributed by atoms with E-state index in [-0.39, 0.29) is 64.4 Å². The topological polar surface area (TPSA) is 130 Å². The Hall–Kier alpha value is -4.02. The predicted octanol–water partition coefficient (Wildman–Crippen LogP) is 2.53. The molecule has 10 nitrogen and oxygen atoms in total. The molecule has 2 atom stereocenters. The van der Waals surface area contributed by atoms with E-state index in [4.69, 9.17) is 28.4 Å². The third kappa shape index (κ3) is 8.53. The van der Waals surface area contributed by atoms with Gasteiger partial charge in [-0.1, -0.05) is 24.3 Å². The number of aliphatic hydroxyl groups excluding tert-OH is 2. The smallest absolute Gasteiger partial charge is 0.310 e. The molecule has 2 N–H and O–H groups in total. The van der Waals surface area contributed by atoms with Gasteiger partial charge in [0.2, 0.25) is 0 Å². The van der Waals surface area contributed by atoms with Gasteiger partial charge in [0.15, 0.2) is 0 Å². The number of esters is 2. The van der Waals surface area contributed by atoms with Crippen molar-refractivity contribution >= 4 is 11.9 Å². The quantitative estimate of drug-likeness (QED) is 0.376. The van der Waals surface area contributed by atoms with Gasteiger partial charge in [-0.15, -0.1) is 0 Å². The van der Waals surface area contributed by atoms with Crippen molar-refractivity contribution in [1.29, 1.82) is 0 Å². The first-order valence-electron chi connectivity index (χ1n) is 12.2. The normalized spacial score (nSPS) is 16.8. The van der Waals surface area contributed by atoms with Crippen LogP contribution in [0.3, 0.4) is 0 Å². The lowest BCUT2D eigenvalue weighted by Crippen LogP contribution is -2.25. The number of rotatable bonds is 13. The van der Waals surface area contributed by atoms with Crippen molar-refractivity contribution in [1.82, 2.24) is 0 Å². The Morgan fingerprint density at radius 3 is 1.32 bits per heavy atom. The van der Waals surface area contributed by atoms with Crippen LogP contribution in [-0.4, -0.2) is 74.0 Å². The van der Waals surface area contributed by atoms with Crippen LogP contribution < -0.4 is 9.47 Å². The molecule has 0 saturated heterocycles. The van der Waals surface area contributed by atoms with Gasteiger partial charge in [0.05, 0.1) is 12.8 Å². The number of hydrogen-bond donors (Lipinski definition) is 2. The van der Waals surface area contributed by atoms with Gasteiger partial charge >= 0.3 is 11.9 Å². The lowest BCUT2D eigenvalue weighted by atomic mass is 10.1. The Balaban J connectivity index is 1.16. The molecule has 0 fully saturated rings. The van der Waals surface area contributed by atoms with Crippen molar-refractivity contribution in [3.63, 3.8) is 0 Å². The van der Waals surface area contributed by atoms with E-state index >= 15 is 0 Å². The van der Waals surface area contributed by atoms with Crippen LogP contribution in [0.2, 0.25) is 0 Å². The minimum Gasteiger partial charge on any atom is -0.492 e. The van der Waals surface area contributed by atoms with Gasteiger partial charge in [-0.2, -0.15) is 0 Å². The summed E-state index contributed by atoms with van der Waals surface area (Å²) in [6.07, 6.45) is 1.96. The van der Waals surface area contributed by atoms with Crippen LogP contribution in [0.4, 0.5) is 0 Å². The van der Waals surface area contributed by atoms with E-state index in [0.29, 0.717) is 23.0 Å². The Morgan fingerprint density at radius 2 is 0.974 bits per heavy atom. The number of carbonyl (C=O) groups excluding carboxylic acids is 2. The summed E-state index contributed by atoms with van der Waals surface area (Å²) < 4.78 is 31.9. The van der Waals surface area contributed by atoms with Crippen LogP contribution in [0, 0.1) is 0 Å². The summed E-state index contributed by atoms with van der Waals surface area (Å²) in [6, 6.07) is 14.9. The first kappa shape index (κ1) is 27.0. The van der Waals surface area contributed by atoms with Crippen LogP contribution in [0.1, 0.15) is 12.8 Å². The highest BCUT2D eigenvalue weighted by Crippen LogP contribution is 2.25. The first-order chi connectivity index (χ1) is 18.4. The fraction of sp³-hybridized carbons (Fsp3) is 0.357. The number of carbonyl (C=O) groups is 2. The molecule has 0 spiro atoms. The van der Waals surface area contributed by atoms with Gasteiger partial charge in [0.1, 0.15) is 74.9 Å². The molecular formula is C28H30O10. The standard InChI is InChI=1S/C28H30O10/c29-21(15-35-25-9-11-27(31)37-17-25)13-33-23-5-1-19(2-6-23)20-3-7-24(8-4-20)34-14-22(30)16-36-26-10-12-28(32)38-18-26/h1-10,21-22,29-30H,11-18H2. The van der Waals surface area contributed by atoms with E-state index < -0.39 is 12.2 Å². The molecule has 0 bridgehead atoms. The van der Waals surface area contributed by atoms with Crippen LogP contribution in [0.15, 0.2) is 72.2 Å². The molecule has 2 heterocycles. The summed E-state index contributed by atoms with van der Waals surface area (Å²) in [5.74, 6) is 1.68. The molecule has 0 saturated carbocycles. The molecule has 202 valence electrons. The second-order valence-electron chi connectivity index (χ2n) is 8.67. The van der Waals surface area contributed by atoms with E-state index in [1.807, 2.05) is 48.5 Å². The van der Waals surface area contributed by atoms with E-state index in [1.54, 1.807) is 12.2 Å². The molecule has 2 aromatic rings. The minimum atomic E-state index is -0.838.